The third kappa shape index (κ3) is 6.79. The number of nitrogens with zero attached hydrogens (tertiary/aromatic N) is 3. The lowest BCUT2D eigenvalue weighted by Gasteiger charge is -2.26. The number of hydrogen-bond acceptors (Lipinski definition) is 4. The minimum Gasteiger partial charge on any atom is -0.453 e. The van der Waals surface area contributed by atoms with Gasteiger partial charge in [-0.05, 0) is 143 Å². The molecule has 0 amide bonds. The molecule has 5 heteroatoms. The predicted molar refractivity (Wildman–Crippen MR) is 340 cm³/mol. The van der Waals surface area contributed by atoms with Crippen LogP contribution in [0.15, 0.2) is 270 Å². The first-order chi connectivity index (χ1) is 40.0. The Morgan fingerprint density at radius 1 is 0.272 bits per heavy atom. The van der Waals surface area contributed by atoms with Crippen molar-refractivity contribution in [2.24, 2.45) is 0 Å². The van der Waals surface area contributed by atoms with Gasteiger partial charge in [0.2, 0.25) is 0 Å². The zero-order valence-corrected chi connectivity index (χ0v) is 44.5. The Labute approximate surface area is 466 Å². The zero-order valence-electron chi connectivity index (χ0n) is 44.5. The Morgan fingerprint density at radius 2 is 0.654 bits per heavy atom. The van der Waals surface area contributed by atoms with Crippen LogP contribution in [-0.4, -0.2) is 4.40 Å². The van der Waals surface area contributed by atoms with Crippen molar-refractivity contribution < 1.29 is 8.83 Å². The first-order valence-corrected chi connectivity index (χ1v) is 27.8. The highest BCUT2D eigenvalue weighted by molar-refractivity contribution is 6.26. The summed E-state index contributed by atoms with van der Waals surface area (Å²) < 4.78 is 16.7. The predicted octanol–water partition coefficient (Wildman–Crippen LogP) is 21.8. The van der Waals surface area contributed by atoms with E-state index in [0.29, 0.717) is 0 Å². The van der Waals surface area contributed by atoms with Crippen LogP contribution in [0.1, 0.15) is 11.1 Å². The molecule has 0 saturated heterocycles. The number of furan rings is 2. The molecule has 380 valence electrons. The van der Waals surface area contributed by atoms with E-state index in [4.69, 9.17) is 8.83 Å². The van der Waals surface area contributed by atoms with E-state index < -0.39 is 0 Å². The molecule has 0 N–H and O–H groups in total. The molecule has 0 aliphatic rings. The molecule has 0 aliphatic carbocycles. The molecular weight excluding hydrogens is 987 g/mol. The number of anilines is 6. The summed E-state index contributed by atoms with van der Waals surface area (Å²) >= 11 is 0. The minimum absolute atomic E-state index is 0.851. The van der Waals surface area contributed by atoms with Crippen LogP contribution in [0.25, 0.3) is 126 Å². The molecule has 0 spiro atoms. The second-order valence-electron chi connectivity index (χ2n) is 21.7. The summed E-state index contributed by atoms with van der Waals surface area (Å²) in [5.41, 5.74) is 20.2. The monoisotopic (exact) mass is 1040 g/mol. The van der Waals surface area contributed by atoms with Gasteiger partial charge in [0.15, 0.2) is 11.2 Å². The number of benzene rings is 13. The second-order valence-corrected chi connectivity index (χ2v) is 21.7. The van der Waals surface area contributed by atoms with Crippen molar-refractivity contribution in [2.75, 3.05) is 9.80 Å². The van der Waals surface area contributed by atoms with Crippen LogP contribution in [0.5, 0.6) is 0 Å². The molecule has 17 aromatic rings. The molecule has 0 fully saturated rings. The number of hydrogen-bond donors (Lipinski definition) is 0. The van der Waals surface area contributed by atoms with Gasteiger partial charge in [-0.25, -0.2) is 0 Å². The number of aromatic nitrogens is 1. The van der Waals surface area contributed by atoms with Crippen LogP contribution in [-0.2, 0) is 0 Å². The Morgan fingerprint density at radius 3 is 1.11 bits per heavy atom. The topological polar surface area (TPSA) is 37.2 Å². The van der Waals surface area contributed by atoms with Crippen molar-refractivity contribution in [2.45, 2.75) is 13.8 Å². The molecule has 5 nitrogen and oxygen atoms in total. The van der Waals surface area contributed by atoms with E-state index in [2.05, 4.69) is 289 Å². The van der Waals surface area contributed by atoms with E-state index in [-0.39, 0.29) is 0 Å². The fraction of sp³-hybridized carbons (Fsp3) is 0.0263. The summed E-state index contributed by atoms with van der Waals surface area (Å²) in [6.07, 6.45) is 0. The standard InChI is InChI=1S/C76H49N3O2/c1-46-18-9-11-24-56(46)60-28-14-30-62-64-32-16-34-68(75(64)80-73(60)62)77(52-20-5-3-6-21-52)54-38-36-48-42-66-58-26-13-27-59-67-43-49-37-39-55(41-51(49)45-71(67)79(72(58)59)70(66)44-50(48)40-54)78(53-22-7-4-8-23-53)69-35-17-33-65-63-31-15-29-61(74(63)81-76(65)69)57-25-12-10-19-47(57)2/h3-45H,1-2H3. The molecule has 81 heavy (non-hydrogen) atoms. The molecular formula is C76H49N3O2. The van der Waals surface area contributed by atoms with Crippen LogP contribution < -0.4 is 9.80 Å². The van der Waals surface area contributed by atoms with Gasteiger partial charge >= 0.3 is 0 Å². The number of para-hydroxylation sites is 7. The first kappa shape index (κ1) is 45.4. The van der Waals surface area contributed by atoms with Gasteiger partial charge in [0.25, 0.3) is 0 Å². The highest BCUT2D eigenvalue weighted by Gasteiger charge is 2.25. The summed E-state index contributed by atoms with van der Waals surface area (Å²) in [5, 5.41) is 14.0. The maximum atomic E-state index is 7.09. The van der Waals surface area contributed by atoms with Crippen LogP contribution in [0.4, 0.5) is 34.1 Å². The third-order valence-corrected chi connectivity index (χ3v) is 17.1. The Balaban J connectivity index is 0.837. The molecule has 0 unspecified atom stereocenters. The summed E-state index contributed by atoms with van der Waals surface area (Å²) in [6, 6.07) is 94.7. The highest BCUT2D eigenvalue weighted by Crippen LogP contribution is 2.49. The van der Waals surface area contributed by atoms with Crippen LogP contribution in [0, 0.1) is 13.8 Å². The Kier molecular flexibility index (Phi) is 9.78. The lowest BCUT2D eigenvalue weighted by atomic mass is 9.98. The largest absolute Gasteiger partial charge is 0.453 e. The maximum Gasteiger partial charge on any atom is 0.159 e. The fourth-order valence-electron chi connectivity index (χ4n) is 13.4. The van der Waals surface area contributed by atoms with E-state index in [1.54, 1.807) is 0 Å². The molecule has 17 rings (SSSR count). The third-order valence-electron chi connectivity index (χ3n) is 17.1. The zero-order chi connectivity index (χ0) is 53.4. The second kappa shape index (κ2) is 17.4. The van der Waals surface area contributed by atoms with Crippen LogP contribution in [0.2, 0.25) is 0 Å². The Hall–Kier alpha value is -10.6. The van der Waals surface area contributed by atoms with Gasteiger partial charge in [0.1, 0.15) is 11.2 Å². The molecule has 13 aromatic carbocycles. The van der Waals surface area contributed by atoms with Gasteiger partial charge in [-0.1, -0.05) is 176 Å². The summed E-state index contributed by atoms with van der Waals surface area (Å²) in [6.45, 7) is 4.33. The summed E-state index contributed by atoms with van der Waals surface area (Å²) in [5.74, 6) is 0. The average molecular weight is 1040 g/mol. The van der Waals surface area contributed by atoms with E-state index in [0.717, 1.165) is 99.9 Å². The van der Waals surface area contributed by atoms with Crippen molar-refractivity contribution in [1.29, 1.82) is 0 Å². The van der Waals surface area contributed by atoms with Crippen molar-refractivity contribution in [3.63, 3.8) is 0 Å². The molecule has 0 bridgehead atoms. The lowest BCUT2D eigenvalue weighted by Crippen LogP contribution is -2.10. The Bertz CT molecular complexity index is 5070. The molecule has 0 atom stereocenters. The molecule has 0 radical (unpaired) electrons. The number of rotatable bonds is 8. The van der Waals surface area contributed by atoms with Crippen molar-refractivity contribution in [3.05, 3.63) is 272 Å². The number of fused-ring (bicyclic) bond motifs is 14. The van der Waals surface area contributed by atoms with E-state index in [9.17, 15) is 0 Å². The van der Waals surface area contributed by atoms with Gasteiger partial charge in [-0.2, -0.15) is 0 Å². The van der Waals surface area contributed by atoms with Gasteiger partial charge in [0, 0.05) is 77.0 Å². The summed E-state index contributed by atoms with van der Waals surface area (Å²) in [7, 11) is 0. The number of aryl methyl sites for hydroxylation is 2. The fourth-order valence-corrected chi connectivity index (χ4v) is 13.4. The minimum atomic E-state index is 0.851. The van der Waals surface area contributed by atoms with E-state index in [1.807, 2.05) is 0 Å². The van der Waals surface area contributed by atoms with Crippen LogP contribution in [0.3, 0.4) is 0 Å². The van der Waals surface area contributed by atoms with E-state index >= 15 is 0 Å². The SMILES string of the molecule is Cc1ccccc1-c1cccc2c1oc1c(N(c3ccccc3)c3ccc4cc5c6cccc7c8cc9ccc(N(c%10ccccc%10)c%10cccc%11c%10oc%10c(-c%12ccccc%12C)cccc%10%11)cc9cc8n(c5cc4c3)c67)cccc12. The normalized spacial score (nSPS) is 12.1. The van der Waals surface area contributed by atoms with Gasteiger partial charge in [-0.3, -0.25) is 0 Å². The van der Waals surface area contributed by atoms with Crippen LogP contribution >= 0.6 is 0 Å². The van der Waals surface area contributed by atoms with Gasteiger partial charge in [0.05, 0.1) is 27.9 Å². The van der Waals surface area contributed by atoms with E-state index in [1.165, 1.54) is 71.1 Å². The maximum absolute atomic E-state index is 7.09. The van der Waals surface area contributed by atoms with Crippen molar-refractivity contribution >= 4 is 138 Å². The first-order valence-electron chi connectivity index (χ1n) is 27.8. The van der Waals surface area contributed by atoms with Crippen molar-refractivity contribution in [3.8, 4) is 22.3 Å². The average Bonchev–Trinajstić information content (AvgIpc) is 4.17. The quantitative estimate of drug-likeness (QED) is 0.152. The van der Waals surface area contributed by atoms with Gasteiger partial charge in [-0.15, -0.1) is 0 Å². The van der Waals surface area contributed by atoms with Gasteiger partial charge < -0.3 is 23.0 Å². The molecule has 0 saturated carbocycles. The molecule has 4 heterocycles. The highest BCUT2D eigenvalue weighted by atomic mass is 16.3. The smallest absolute Gasteiger partial charge is 0.159 e. The summed E-state index contributed by atoms with van der Waals surface area (Å²) in [4.78, 5) is 4.70. The van der Waals surface area contributed by atoms with Crippen molar-refractivity contribution in [1.82, 2.24) is 4.40 Å². The molecule has 4 aromatic heterocycles. The lowest BCUT2D eigenvalue weighted by molar-refractivity contribution is 0.670. The molecule has 0 aliphatic heterocycles.